The Morgan fingerprint density at radius 1 is 0.512 bits per heavy atom. The Labute approximate surface area is 253 Å². The quantitative estimate of drug-likeness (QED) is 0.0725. The monoisotopic (exact) mass is 650 g/mol. The van der Waals surface area contributed by atoms with Crippen molar-refractivity contribution in [3.8, 4) is 16.9 Å². The predicted molar refractivity (Wildman–Crippen MR) is 165 cm³/mol. The molecule has 0 aliphatic rings. The van der Waals surface area contributed by atoms with Crippen LogP contribution in [0.4, 0.5) is 25.2 Å². The van der Waals surface area contributed by atoms with Crippen molar-refractivity contribution in [3.05, 3.63) is 139 Å². The van der Waals surface area contributed by atoms with Gasteiger partial charge in [0.1, 0.15) is 5.75 Å². The van der Waals surface area contributed by atoms with E-state index in [1.54, 1.807) is 30.6 Å². The standard InChI is InChI=1S/C32H24O2S2.F6P/c1-34-27-15-7-25(8-16-27)32(33)26-13-21-31(22-14-26)36-30-19-11-24(12-20-30)23-9-17-29(18-10-23)35-28-5-3-2-4-6-28;1-7(2,3,4,5)6/h2-22H,1H3;/q;-1/p+1. The van der Waals surface area contributed by atoms with E-state index in [-0.39, 0.29) is 5.78 Å². The molecule has 0 amide bonds. The van der Waals surface area contributed by atoms with Gasteiger partial charge in [0.05, 0.1) is 18.2 Å². The third-order valence-corrected chi connectivity index (χ3v) is 7.78. The second kappa shape index (κ2) is 12.5. The van der Waals surface area contributed by atoms with Gasteiger partial charge < -0.3 is 4.74 Å². The maximum atomic E-state index is 10.6. The van der Waals surface area contributed by atoms with E-state index in [4.69, 9.17) is 4.74 Å². The van der Waals surface area contributed by atoms with Gasteiger partial charge in [0.25, 0.3) is 0 Å². The van der Waals surface area contributed by atoms with Gasteiger partial charge in [-0.2, -0.15) is 0 Å². The van der Waals surface area contributed by atoms with Crippen LogP contribution in [0.15, 0.2) is 147 Å². The van der Waals surface area contributed by atoms with Crippen LogP contribution in [0.5, 0.6) is 5.75 Å². The number of hydrogen-bond donors (Lipinski definition) is 0. The van der Waals surface area contributed by atoms with Gasteiger partial charge in [-0.3, -0.25) is 4.79 Å². The molecule has 0 saturated heterocycles. The Morgan fingerprint density at radius 2 is 0.837 bits per heavy atom. The van der Waals surface area contributed by atoms with E-state index in [0.717, 1.165) is 21.8 Å². The molecule has 0 spiro atoms. The summed E-state index contributed by atoms with van der Waals surface area (Å²) < 4.78 is 64.4. The summed E-state index contributed by atoms with van der Waals surface area (Å²) in [5.41, 5.74) is 3.95. The van der Waals surface area contributed by atoms with Crippen molar-refractivity contribution in [2.45, 2.75) is 19.6 Å². The van der Waals surface area contributed by atoms with E-state index >= 15 is 0 Å². The van der Waals surface area contributed by atoms with Gasteiger partial charge in [0, 0.05) is 19.6 Å². The maximum absolute atomic E-state index is 10.7. The van der Waals surface area contributed by atoms with Gasteiger partial charge in [-0.25, -0.2) is 0 Å². The molecule has 5 rings (SSSR count). The molecule has 0 aliphatic carbocycles. The molecule has 224 valence electrons. The SMILES string of the molecule is COc1ccc(C(=[OH+])c2ccc(Sc3ccc(-c4ccc(Sc5ccccc5)cc4)cc3)cc2)cc1.F[P-](F)(F)(F)(F)F. The third-order valence-electron chi connectivity index (χ3n) is 5.75. The van der Waals surface area contributed by atoms with E-state index in [1.165, 1.54) is 25.8 Å². The van der Waals surface area contributed by atoms with Gasteiger partial charge in [0.15, 0.2) is 0 Å². The summed E-state index contributed by atoms with van der Waals surface area (Å²) in [4.78, 5) is 15.4. The molecule has 0 saturated carbocycles. The molecule has 0 heterocycles. The summed E-state index contributed by atoms with van der Waals surface area (Å²) in [5.74, 6) is 1.02. The van der Waals surface area contributed by atoms with Crippen LogP contribution in [0.1, 0.15) is 11.1 Å². The number of rotatable bonds is 8. The Morgan fingerprint density at radius 3 is 1.21 bits per heavy atom. The fraction of sp³-hybridized carbons (Fsp3) is 0.0312. The summed E-state index contributed by atoms with van der Waals surface area (Å²) in [6, 6.07) is 43.2. The Balaban J connectivity index is 0.000000541. The van der Waals surface area contributed by atoms with Crippen LogP contribution in [-0.4, -0.2) is 17.7 Å². The number of methoxy groups -OCH3 is 1. The van der Waals surface area contributed by atoms with Crippen molar-refractivity contribution in [2.75, 3.05) is 7.11 Å². The molecule has 0 fully saturated rings. The van der Waals surface area contributed by atoms with Gasteiger partial charge in [0.2, 0.25) is 0 Å². The predicted octanol–water partition coefficient (Wildman–Crippen LogP) is 12.0. The molecule has 0 unspecified atom stereocenters. The average molecular weight is 651 g/mol. The summed E-state index contributed by atoms with van der Waals surface area (Å²) in [6.07, 6.45) is 0. The Hall–Kier alpha value is -3.72. The van der Waals surface area contributed by atoms with E-state index in [0.29, 0.717) is 0 Å². The molecule has 0 aromatic heterocycles. The van der Waals surface area contributed by atoms with Crippen LogP contribution in [0, 0.1) is 0 Å². The first-order chi connectivity index (χ1) is 20.1. The molecule has 0 aliphatic heterocycles. The van der Waals surface area contributed by atoms with Crippen molar-refractivity contribution < 1.29 is 34.7 Å². The normalized spacial score (nSPS) is 12.7. The third kappa shape index (κ3) is 11.5. The Kier molecular flexibility index (Phi) is 9.35. The van der Waals surface area contributed by atoms with Crippen LogP contribution in [-0.2, 0) is 0 Å². The second-order valence-corrected chi connectivity index (χ2v) is 13.3. The average Bonchev–Trinajstić information content (AvgIpc) is 2.97. The fourth-order valence-electron chi connectivity index (χ4n) is 3.79. The van der Waals surface area contributed by atoms with Crippen LogP contribution in [0.3, 0.4) is 0 Å². The number of ether oxygens (including phenoxy) is 1. The van der Waals surface area contributed by atoms with Gasteiger partial charge in [-0.1, -0.05) is 66.0 Å². The van der Waals surface area contributed by atoms with Crippen LogP contribution in [0.2, 0.25) is 0 Å². The van der Waals surface area contributed by atoms with Gasteiger partial charge in [-0.05, 0) is 96.1 Å². The van der Waals surface area contributed by atoms with Crippen molar-refractivity contribution in [1.29, 1.82) is 0 Å². The van der Waals surface area contributed by atoms with E-state index in [1.807, 2.05) is 54.6 Å². The first kappa shape index (κ1) is 32.2. The number of ketones is 1. The molecule has 5 aromatic rings. The summed E-state index contributed by atoms with van der Waals surface area (Å²) in [5, 5.41) is 0. The summed E-state index contributed by atoms with van der Waals surface area (Å²) in [7, 11) is -9.03. The number of halogens is 6. The van der Waals surface area contributed by atoms with E-state index in [2.05, 4.69) is 72.8 Å². The second-order valence-electron chi connectivity index (χ2n) is 9.13. The number of hydrogen-bond acceptors (Lipinski definition) is 3. The molecule has 2 nitrogen and oxygen atoms in total. The van der Waals surface area contributed by atoms with Crippen LogP contribution in [0.25, 0.3) is 11.1 Å². The van der Waals surface area contributed by atoms with Crippen molar-refractivity contribution in [3.63, 3.8) is 0 Å². The molecular weight excluding hydrogens is 625 g/mol. The van der Waals surface area contributed by atoms with Crippen LogP contribution >= 0.6 is 31.3 Å². The minimum atomic E-state index is -10.7. The number of benzene rings is 5. The topological polar surface area (TPSA) is 30.6 Å². The molecular formula is C32H25F6O2PS2. The molecule has 43 heavy (non-hydrogen) atoms. The fourth-order valence-corrected chi connectivity index (χ4v) is 5.44. The first-order valence-electron chi connectivity index (χ1n) is 12.6. The summed E-state index contributed by atoms with van der Waals surface area (Å²) >= 11 is 3.48. The molecule has 0 atom stereocenters. The molecule has 1 N–H and O–H groups in total. The first-order valence-corrected chi connectivity index (χ1v) is 16.3. The zero-order valence-corrected chi connectivity index (χ0v) is 25.0. The summed E-state index contributed by atoms with van der Waals surface area (Å²) in [6.45, 7) is 0. The molecule has 5 aromatic carbocycles. The molecule has 0 bridgehead atoms. The van der Waals surface area contributed by atoms with Gasteiger partial charge >= 0.3 is 38.8 Å². The van der Waals surface area contributed by atoms with Crippen LogP contribution < -0.4 is 4.74 Å². The van der Waals surface area contributed by atoms with E-state index < -0.39 is 7.81 Å². The van der Waals surface area contributed by atoms with Crippen molar-refractivity contribution >= 4 is 37.1 Å². The molecule has 0 radical (unpaired) electrons. The van der Waals surface area contributed by atoms with E-state index in [9.17, 15) is 30.0 Å². The Bertz CT molecular complexity index is 1650. The zero-order valence-electron chi connectivity index (χ0n) is 22.5. The van der Waals surface area contributed by atoms with Crippen molar-refractivity contribution in [1.82, 2.24) is 0 Å². The van der Waals surface area contributed by atoms with Crippen molar-refractivity contribution in [2.24, 2.45) is 0 Å². The molecule has 11 heteroatoms. The van der Waals surface area contributed by atoms with Gasteiger partial charge in [-0.15, -0.1) is 0 Å². The minimum absolute atomic E-state index is 0.256. The number of carbonyl (C=O) groups excluding carboxylic acids is 1. The zero-order chi connectivity index (χ0) is 31.2.